The normalized spacial score (nSPS) is 22.9. The summed E-state index contributed by atoms with van der Waals surface area (Å²) in [5, 5.41) is 13.6. The number of rotatable bonds is 4. The van der Waals surface area contributed by atoms with E-state index in [-0.39, 0.29) is 11.9 Å². The number of nitrogens with one attached hydrogen (secondary N) is 1. The van der Waals surface area contributed by atoms with Crippen LogP contribution >= 0.6 is 11.3 Å². The van der Waals surface area contributed by atoms with Crippen molar-refractivity contribution in [3.63, 3.8) is 0 Å². The van der Waals surface area contributed by atoms with Gasteiger partial charge < -0.3 is 9.88 Å². The average Bonchev–Trinajstić information content (AvgIpc) is 3.23. The first-order valence-electron chi connectivity index (χ1n) is 8.99. The number of hydrogen-bond acceptors (Lipinski definition) is 5. The summed E-state index contributed by atoms with van der Waals surface area (Å²) in [5.41, 5.74) is 1.39. The summed E-state index contributed by atoms with van der Waals surface area (Å²) in [6, 6.07) is 2.30. The third-order valence-corrected chi connectivity index (χ3v) is 6.31. The minimum atomic E-state index is -0.115. The monoisotopic (exact) mass is 359 g/mol. The van der Waals surface area contributed by atoms with Crippen molar-refractivity contribution in [2.45, 2.75) is 46.3 Å². The largest absolute Gasteiger partial charge is 0.347 e. The molecule has 2 aliphatic rings. The van der Waals surface area contributed by atoms with Crippen LogP contribution in [0.15, 0.2) is 11.4 Å². The first-order chi connectivity index (χ1) is 12.0. The maximum Gasteiger partial charge on any atom is 0.289 e. The predicted molar refractivity (Wildman–Crippen MR) is 97.6 cm³/mol. The zero-order valence-corrected chi connectivity index (χ0v) is 15.8. The molecule has 2 atom stereocenters. The van der Waals surface area contributed by atoms with Crippen LogP contribution in [-0.4, -0.2) is 44.7 Å². The minimum absolute atomic E-state index is 0.104. The Morgan fingerprint density at radius 3 is 2.84 bits per heavy atom. The van der Waals surface area contributed by atoms with E-state index >= 15 is 0 Å². The predicted octanol–water partition coefficient (Wildman–Crippen LogP) is 2.09. The highest BCUT2D eigenvalue weighted by Gasteiger charge is 2.39. The Bertz CT molecular complexity index is 780. The summed E-state index contributed by atoms with van der Waals surface area (Å²) in [6.07, 6.45) is 0.923. The Kier molecular flexibility index (Phi) is 4.37. The maximum absolute atomic E-state index is 12.4. The van der Waals surface area contributed by atoms with Gasteiger partial charge in [-0.05, 0) is 49.6 Å². The highest BCUT2D eigenvalue weighted by molar-refractivity contribution is 7.10. The Morgan fingerprint density at radius 1 is 1.32 bits per heavy atom. The molecular weight excluding hydrogens is 334 g/mol. The van der Waals surface area contributed by atoms with Gasteiger partial charge in [-0.1, -0.05) is 0 Å². The molecule has 1 amide bonds. The number of carbonyl (C=O) groups is 1. The molecule has 0 radical (unpaired) electrons. The van der Waals surface area contributed by atoms with Crippen LogP contribution in [0.4, 0.5) is 0 Å². The first kappa shape index (κ1) is 16.7. The number of amides is 1. The highest BCUT2D eigenvalue weighted by atomic mass is 32.1. The number of likely N-dealkylation sites (tertiary alicyclic amines) is 1. The van der Waals surface area contributed by atoms with Gasteiger partial charge in [-0.2, -0.15) is 0 Å². The second-order valence-corrected chi connectivity index (χ2v) is 8.62. The van der Waals surface area contributed by atoms with Crippen molar-refractivity contribution < 1.29 is 4.79 Å². The van der Waals surface area contributed by atoms with Crippen LogP contribution in [0.1, 0.15) is 40.7 Å². The van der Waals surface area contributed by atoms with Gasteiger partial charge >= 0.3 is 0 Å². The smallest absolute Gasteiger partial charge is 0.289 e. The van der Waals surface area contributed by atoms with Crippen LogP contribution < -0.4 is 5.32 Å². The Balaban J connectivity index is 1.46. The Morgan fingerprint density at radius 2 is 2.12 bits per heavy atom. The standard InChI is InChI=1S/C18H25N5OS/c1-11(2)19-18(24)17-21-20-16-6-13-7-22(8-14(13)9-23(16)17)10-15-12(3)4-5-25-15/h4-5,11,13-14H,6-10H2,1-3H3,(H,19,24)/t13-,14+/m0/s1. The van der Waals surface area contributed by atoms with Crippen molar-refractivity contribution in [2.24, 2.45) is 11.8 Å². The van der Waals surface area contributed by atoms with E-state index in [2.05, 4.69) is 38.8 Å². The van der Waals surface area contributed by atoms with Gasteiger partial charge in [0.2, 0.25) is 5.82 Å². The molecule has 2 aromatic rings. The summed E-state index contributed by atoms with van der Waals surface area (Å²) in [7, 11) is 0. The van der Waals surface area contributed by atoms with Gasteiger partial charge in [0.05, 0.1) is 0 Å². The average molecular weight is 359 g/mol. The minimum Gasteiger partial charge on any atom is -0.347 e. The molecular formula is C18H25N5OS. The lowest BCUT2D eigenvalue weighted by atomic mass is 9.89. The topological polar surface area (TPSA) is 63.1 Å². The number of aryl methyl sites for hydroxylation is 1. The molecule has 7 heteroatoms. The number of nitrogens with zero attached hydrogens (tertiary/aromatic N) is 4. The second-order valence-electron chi connectivity index (χ2n) is 7.62. The van der Waals surface area contributed by atoms with Gasteiger partial charge in [0, 0.05) is 43.5 Å². The van der Waals surface area contributed by atoms with Crippen LogP contribution in [-0.2, 0) is 19.5 Å². The SMILES string of the molecule is Cc1ccsc1CN1C[C@@H]2Cn3c(nnc3C(=O)NC(C)C)C[C@H]2C1. The molecule has 2 aliphatic heterocycles. The number of carbonyl (C=O) groups excluding carboxylic acids is 1. The third kappa shape index (κ3) is 3.22. The molecule has 134 valence electrons. The molecule has 0 aromatic carbocycles. The van der Waals surface area contributed by atoms with Gasteiger partial charge in [-0.15, -0.1) is 21.5 Å². The van der Waals surface area contributed by atoms with Crippen LogP contribution in [0.25, 0.3) is 0 Å². The van der Waals surface area contributed by atoms with E-state index in [1.54, 1.807) is 0 Å². The first-order valence-corrected chi connectivity index (χ1v) is 9.87. The van der Waals surface area contributed by atoms with Crippen molar-refractivity contribution in [2.75, 3.05) is 13.1 Å². The fourth-order valence-electron chi connectivity index (χ4n) is 4.01. The summed E-state index contributed by atoms with van der Waals surface area (Å²) in [6.45, 7) is 10.2. The van der Waals surface area contributed by atoms with Gasteiger partial charge in [-0.25, -0.2) is 0 Å². The third-order valence-electron chi connectivity index (χ3n) is 5.30. The van der Waals surface area contributed by atoms with Crippen molar-refractivity contribution in [1.82, 2.24) is 25.0 Å². The van der Waals surface area contributed by atoms with E-state index in [0.717, 1.165) is 38.4 Å². The Hall–Kier alpha value is -1.73. The molecule has 4 rings (SSSR count). The Labute approximate surface area is 152 Å². The van der Waals surface area contributed by atoms with E-state index in [4.69, 9.17) is 0 Å². The van der Waals surface area contributed by atoms with Crippen LogP contribution in [0.2, 0.25) is 0 Å². The number of fused-ring (bicyclic) bond motifs is 2. The highest BCUT2D eigenvalue weighted by Crippen LogP contribution is 2.34. The maximum atomic E-state index is 12.4. The molecule has 0 spiro atoms. The number of thiophene rings is 1. The molecule has 0 aliphatic carbocycles. The van der Waals surface area contributed by atoms with E-state index in [1.165, 1.54) is 10.4 Å². The molecule has 4 heterocycles. The van der Waals surface area contributed by atoms with Crippen molar-refractivity contribution in [3.05, 3.63) is 33.5 Å². The van der Waals surface area contributed by atoms with Gasteiger partial charge in [0.1, 0.15) is 5.82 Å². The van der Waals surface area contributed by atoms with Crippen LogP contribution in [0.3, 0.4) is 0 Å². The fourth-order valence-corrected chi connectivity index (χ4v) is 4.96. The fraction of sp³-hybridized carbons (Fsp3) is 0.611. The molecule has 0 bridgehead atoms. The van der Waals surface area contributed by atoms with Crippen molar-refractivity contribution in [3.8, 4) is 0 Å². The summed E-state index contributed by atoms with van der Waals surface area (Å²) < 4.78 is 2.04. The van der Waals surface area contributed by atoms with E-state index in [9.17, 15) is 4.79 Å². The molecule has 6 nitrogen and oxygen atoms in total. The second kappa shape index (κ2) is 6.53. The summed E-state index contributed by atoms with van der Waals surface area (Å²) >= 11 is 1.85. The zero-order valence-electron chi connectivity index (χ0n) is 15.0. The van der Waals surface area contributed by atoms with Gasteiger partial charge in [0.15, 0.2) is 0 Å². The van der Waals surface area contributed by atoms with E-state index in [1.807, 2.05) is 29.8 Å². The van der Waals surface area contributed by atoms with Crippen LogP contribution in [0, 0.1) is 18.8 Å². The summed E-state index contributed by atoms with van der Waals surface area (Å²) in [4.78, 5) is 16.4. The van der Waals surface area contributed by atoms with Crippen LogP contribution in [0.5, 0.6) is 0 Å². The zero-order chi connectivity index (χ0) is 17.6. The molecule has 1 N–H and O–H groups in total. The van der Waals surface area contributed by atoms with Crippen molar-refractivity contribution >= 4 is 17.2 Å². The quantitative estimate of drug-likeness (QED) is 0.908. The van der Waals surface area contributed by atoms with Crippen molar-refractivity contribution in [1.29, 1.82) is 0 Å². The van der Waals surface area contributed by atoms with Gasteiger partial charge in [-0.3, -0.25) is 9.69 Å². The molecule has 2 aromatic heterocycles. The number of hydrogen-bond donors (Lipinski definition) is 1. The lowest BCUT2D eigenvalue weighted by Gasteiger charge is -2.25. The number of aromatic nitrogens is 3. The molecule has 0 unspecified atom stereocenters. The lowest BCUT2D eigenvalue weighted by Crippen LogP contribution is -2.35. The molecule has 1 fully saturated rings. The van der Waals surface area contributed by atoms with Gasteiger partial charge in [0.25, 0.3) is 5.91 Å². The lowest BCUT2D eigenvalue weighted by molar-refractivity contribution is 0.0924. The van der Waals surface area contributed by atoms with E-state index < -0.39 is 0 Å². The molecule has 1 saturated heterocycles. The van der Waals surface area contributed by atoms with E-state index in [0.29, 0.717) is 17.7 Å². The summed E-state index contributed by atoms with van der Waals surface area (Å²) in [5.74, 6) is 2.52. The molecule has 0 saturated carbocycles. The molecule has 25 heavy (non-hydrogen) atoms.